The van der Waals surface area contributed by atoms with E-state index in [2.05, 4.69) is 112 Å². The summed E-state index contributed by atoms with van der Waals surface area (Å²) in [5.74, 6) is 6.77. The highest BCUT2D eigenvalue weighted by molar-refractivity contribution is 7.99. The number of para-hydroxylation sites is 4. The summed E-state index contributed by atoms with van der Waals surface area (Å²) in [4.78, 5) is 8.51. The molecule has 8 aromatic carbocycles. The minimum absolute atomic E-state index is 0.209. The van der Waals surface area contributed by atoms with Gasteiger partial charge in [0.25, 0.3) is 0 Å². The first-order valence-electron chi connectivity index (χ1n) is 22.4. The summed E-state index contributed by atoms with van der Waals surface area (Å²) < 4.78 is 0. The molecule has 0 saturated carbocycles. The van der Waals surface area contributed by atoms with E-state index in [-0.39, 0.29) is 22.3 Å². The van der Waals surface area contributed by atoms with Gasteiger partial charge in [-0.25, -0.2) is 0 Å². The van der Waals surface area contributed by atoms with Crippen molar-refractivity contribution in [2.24, 2.45) is 0 Å². The maximum atomic E-state index is 10.5. The van der Waals surface area contributed by atoms with Crippen molar-refractivity contribution in [2.45, 2.75) is 23.1 Å². The van der Waals surface area contributed by atoms with Crippen molar-refractivity contribution in [3.63, 3.8) is 0 Å². The van der Waals surface area contributed by atoms with Crippen LogP contribution in [0.2, 0.25) is 0 Å². The van der Waals surface area contributed by atoms with Crippen LogP contribution < -0.4 is 14.7 Å². The third kappa shape index (κ3) is 9.46. The molecule has 0 saturated heterocycles. The summed E-state index contributed by atoms with van der Waals surface area (Å²) in [6.07, 6.45) is 0.884. The van der Waals surface area contributed by atoms with Crippen LogP contribution in [0.1, 0.15) is 35.6 Å². The van der Waals surface area contributed by atoms with E-state index < -0.39 is 0 Å². The van der Waals surface area contributed by atoms with Crippen LogP contribution in [-0.2, 0) is 0 Å². The lowest BCUT2D eigenvalue weighted by Gasteiger charge is -2.33. The molecule has 0 aromatic heterocycles. The molecule has 0 amide bonds. The Morgan fingerprint density at radius 2 is 0.783 bits per heavy atom. The summed E-state index contributed by atoms with van der Waals surface area (Å²) in [5.41, 5.74) is 10.7. The van der Waals surface area contributed by atoms with Crippen LogP contribution in [-0.4, -0.2) is 6.54 Å². The topological polar surface area (TPSA) is 105 Å². The monoisotopic (exact) mass is 903 g/mol. The predicted molar refractivity (Wildman–Crippen MR) is 279 cm³/mol. The molecule has 8 aromatic rings. The Balaban J connectivity index is 1.05. The van der Waals surface area contributed by atoms with Gasteiger partial charge >= 0.3 is 0 Å². The molecule has 7 nitrogen and oxygen atoms in total. The molecule has 0 fully saturated rings. The van der Waals surface area contributed by atoms with Crippen LogP contribution in [0, 0.1) is 57.2 Å². The zero-order valence-electron chi connectivity index (χ0n) is 37.6. The fourth-order valence-corrected chi connectivity index (χ4v) is 9.68. The molecule has 8 heteroatoms. The molecule has 1 heterocycles. The quantitative estimate of drug-likeness (QED) is 0.0718. The third-order valence-corrected chi connectivity index (χ3v) is 12.7. The van der Waals surface area contributed by atoms with Gasteiger partial charge in [-0.1, -0.05) is 122 Å². The van der Waals surface area contributed by atoms with Crippen molar-refractivity contribution in [1.82, 2.24) is 0 Å². The van der Waals surface area contributed by atoms with Crippen LogP contribution in [0.5, 0.6) is 0 Å². The second-order valence-electron chi connectivity index (χ2n) is 15.9. The molecule has 0 bridgehead atoms. The van der Waals surface area contributed by atoms with Crippen LogP contribution in [0.25, 0.3) is 11.1 Å². The number of nitriles is 4. The van der Waals surface area contributed by atoms with E-state index in [1.54, 1.807) is 11.8 Å². The molecule has 1 aliphatic rings. The molecule has 0 aliphatic carbocycles. The Kier molecular flexibility index (Phi) is 13.5. The maximum absolute atomic E-state index is 10.5. The van der Waals surface area contributed by atoms with Crippen molar-refractivity contribution < 1.29 is 0 Å². The van der Waals surface area contributed by atoms with Crippen molar-refractivity contribution >= 4 is 68.4 Å². The van der Waals surface area contributed by atoms with Gasteiger partial charge in [-0.15, -0.1) is 0 Å². The lowest BCUT2D eigenvalue weighted by atomic mass is 9.86. The van der Waals surface area contributed by atoms with E-state index in [0.717, 1.165) is 79.4 Å². The van der Waals surface area contributed by atoms with Gasteiger partial charge in [0.05, 0.1) is 11.4 Å². The summed E-state index contributed by atoms with van der Waals surface area (Å²) in [5, 5.41) is 41.8. The predicted octanol–water partition coefficient (Wildman–Crippen LogP) is 15.3. The van der Waals surface area contributed by atoms with Gasteiger partial charge < -0.3 is 14.7 Å². The van der Waals surface area contributed by atoms with Gasteiger partial charge in [-0.2, -0.15) is 21.0 Å². The van der Waals surface area contributed by atoms with Gasteiger partial charge in [0, 0.05) is 72.7 Å². The largest absolute Gasteiger partial charge is 0.340 e. The van der Waals surface area contributed by atoms with Crippen LogP contribution >= 0.6 is 11.8 Å². The highest BCUT2D eigenvalue weighted by Gasteiger charge is 2.27. The van der Waals surface area contributed by atoms with Crippen molar-refractivity contribution in [3.05, 3.63) is 240 Å². The van der Waals surface area contributed by atoms with Crippen LogP contribution in [0.15, 0.2) is 227 Å². The van der Waals surface area contributed by atoms with E-state index in [1.807, 2.05) is 152 Å². The lowest BCUT2D eigenvalue weighted by molar-refractivity contribution is 0.866. The number of benzene rings is 8. The van der Waals surface area contributed by atoms with Crippen LogP contribution in [0.4, 0.5) is 45.5 Å². The molecule has 9 rings (SSSR count). The van der Waals surface area contributed by atoms with Gasteiger partial charge in [0.15, 0.2) is 0 Å². The zero-order chi connectivity index (χ0) is 47.5. The molecule has 1 aliphatic heterocycles. The van der Waals surface area contributed by atoms with Crippen molar-refractivity contribution in [1.29, 1.82) is 21.0 Å². The molecule has 0 atom stereocenters. The van der Waals surface area contributed by atoms with Gasteiger partial charge in [-0.05, 0) is 133 Å². The van der Waals surface area contributed by atoms with E-state index in [4.69, 9.17) is 0 Å². The second kappa shape index (κ2) is 20.8. The van der Waals surface area contributed by atoms with Gasteiger partial charge in [0.2, 0.25) is 0 Å². The maximum Gasteiger partial charge on any atom is 0.138 e. The molecular weight excluding hydrogens is 863 g/mol. The fraction of sp³-hybridized carbons (Fsp3) is 0.0492. The first-order chi connectivity index (χ1) is 34.0. The first kappa shape index (κ1) is 44.7. The second-order valence-corrected chi connectivity index (χ2v) is 17.0. The highest BCUT2D eigenvalue weighted by atomic mass is 32.2. The number of fused-ring (bicyclic) bond motifs is 2. The molecule has 326 valence electrons. The summed E-state index contributed by atoms with van der Waals surface area (Å²) in [6, 6.07) is 76.7. The van der Waals surface area contributed by atoms with Gasteiger partial charge in [0.1, 0.15) is 35.4 Å². The number of nitrogens with zero attached hydrogens (tertiary/aromatic N) is 7. The molecular formula is C61H41N7S. The standard InChI is InChI=1S/C61H41N7S/c1-2-37-66-56-35-27-45(24-23-44-25-31-54(32-26-44)67(50-15-7-3-8-16-50)51-17-9-4-10-18-51)38-58(56)69-59-39-47(30-36-57(59)66)61(49(42-64)43-65)60(48(40-62)41-63)46-28-33-55(34-29-46)68(52-19-11-5-12-20-52)53-21-13-6-14-22-53/h3-22,25-36,38-39H,2,37H2,1H3. The van der Waals surface area contributed by atoms with Gasteiger partial charge in [-0.3, -0.25) is 0 Å². The van der Waals surface area contributed by atoms with E-state index >= 15 is 0 Å². The van der Waals surface area contributed by atoms with Crippen molar-refractivity contribution in [3.8, 4) is 36.1 Å². The summed E-state index contributed by atoms with van der Waals surface area (Å²) >= 11 is 1.58. The molecule has 0 unspecified atom stereocenters. The Bertz CT molecular complexity index is 3350. The Labute approximate surface area is 407 Å². The Hall–Kier alpha value is -9.49. The average Bonchev–Trinajstić information content (AvgIpc) is 3.41. The smallest absolute Gasteiger partial charge is 0.138 e. The first-order valence-corrected chi connectivity index (χ1v) is 23.2. The molecule has 0 radical (unpaired) electrons. The number of rotatable bonds is 11. The fourth-order valence-electron chi connectivity index (χ4n) is 8.50. The SMILES string of the molecule is CCCN1c2ccc(C#Cc3ccc(N(c4ccccc4)c4ccccc4)cc3)cc2Sc2cc(C(=C(C#N)C#N)C(=C(C#N)C#N)c3ccc(N(c4ccccc4)c4ccccc4)cc3)ccc21. The molecule has 0 spiro atoms. The minimum atomic E-state index is -0.213. The van der Waals surface area contributed by atoms with Crippen molar-refractivity contribution in [2.75, 3.05) is 21.2 Å². The average molecular weight is 904 g/mol. The number of hydrogen-bond donors (Lipinski definition) is 0. The minimum Gasteiger partial charge on any atom is -0.340 e. The molecule has 69 heavy (non-hydrogen) atoms. The third-order valence-electron chi connectivity index (χ3n) is 11.6. The highest BCUT2D eigenvalue weighted by Crippen LogP contribution is 2.50. The number of hydrogen-bond acceptors (Lipinski definition) is 8. The van der Waals surface area contributed by atoms with E-state index in [0.29, 0.717) is 11.1 Å². The normalized spacial score (nSPS) is 10.8. The lowest BCUT2D eigenvalue weighted by Crippen LogP contribution is -2.21. The number of anilines is 8. The van der Waals surface area contributed by atoms with E-state index in [9.17, 15) is 21.0 Å². The Morgan fingerprint density at radius 3 is 1.23 bits per heavy atom. The van der Waals surface area contributed by atoms with Crippen LogP contribution in [0.3, 0.4) is 0 Å². The summed E-state index contributed by atoms with van der Waals surface area (Å²) in [6.45, 7) is 2.89. The zero-order valence-corrected chi connectivity index (χ0v) is 38.4. The van der Waals surface area contributed by atoms with E-state index in [1.165, 1.54) is 0 Å². The number of allylic oxidation sites excluding steroid dienone is 4. The molecule has 0 N–H and O–H groups in total. The summed E-state index contributed by atoms with van der Waals surface area (Å²) in [7, 11) is 0. The Morgan fingerprint density at radius 1 is 0.420 bits per heavy atom.